The molecule has 0 amide bonds. The van der Waals surface area contributed by atoms with Crippen LogP contribution in [0.4, 0.5) is 5.82 Å². The summed E-state index contributed by atoms with van der Waals surface area (Å²) in [5, 5.41) is 5.92. The van der Waals surface area contributed by atoms with E-state index in [0.29, 0.717) is 0 Å². The van der Waals surface area contributed by atoms with E-state index in [1.165, 1.54) is 25.7 Å². The largest absolute Gasteiger partial charge is 0.379 e. The van der Waals surface area contributed by atoms with E-state index in [2.05, 4.69) is 36.0 Å². The normalized spacial score (nSPS) is 15.4. The fraction of sp³-hybridized carbons (Fsp3) is 0.550. The Labute approximate surface area is 174 Å². The molecule has 3 aromatic rings. The van der Waals surface area contributed by atoms with Crippen LogP contribution in [-0.2, 0) is 24.1 Å². The summed E-state index contributed by atoms with van der Waals surface area (Å²) in [6, 6.07) is 0. The highest BCUT2D eigenvalue weighted by atomic mass is 32.1. The van der Waals surface area contributed by atoms with Crippen LogP contribution < -0.4 is 5.32 Å². The number of ether oxygens (including phenoxy) is 1. The van der Waals surface area contributed by atoms with Gasteiger partial charge in [0.2, 0.25) is 0 Å². The number of morpholine rings is 1. The van der Waals surface area contributed by atoms with Crippen molar-refractivity contribution in [2.24, 2.45) is 0 Å². The van der Waals surface area contributed by atoms with Crippen LogP contribution in [0, 0.1) is 13.8 Å². The minimum absolute atomic E-state index is 0.774. The number of hydrogen-bond donors (Lipinski definition) is 1. The van der Waals surface area contributed by atoms with Gasteiger partial charge in [0.05, 0.1) is 30.2 Å². The Morgan fingerprint density at radius 1 is 1.18 bits per heavy atom. The highest BCUT2D eigenvalue weighted by Gasteiger charge is 2.17. The van der Waals surface area contributed by atoms with E-state index in [-0.39, 0.29) is 0 Å². The smallest absolute Gasteiger partial charge is 0.146 e. The molecule has 0 radical (unpaired) electrons. The quantitative estimate of drug-likeness (QED) is 0.631. The van der Waals surface area contributed by atoms with Crippen molar-refractivity contribution in [1.29, 1.82) is 0 Å². The Hall–Kier alpha value is -1.61. The molecule has 1 saturated heterocycles. The van der Waals surface area contributed by atoms with Gasteiger partial charge < -0.3 is 10.1 Å². The highest BCUT2D eigenvalue weighted by molar-refractivity contribution is 7.18. The van der Waals surface area contributed by atoms with Gasteiger partial charge in [0.15, 0.2) is 0 Å². The van der Waals surface area contributed by atoms with E-state index in [0.717, 1.165) is 68.7 Å². The number of aryl methyl sites for hydroxylation is 3. The highest BCUT2D eigenvalue weighted by Crippen LogP contribution is 2.33. The molecule has 1 aliphatic rings. The topological polar surface area (TPSA) is 63.2 Å². The number of fused-ring (bicyclic) bond motifs is 1. The van der Waals surface area contributed by atoms with Crippen molar-refractivity contribution < 1.29 is 4.74 Å². The van der Waals surface area contributed by atoms with Crippen LogP contribution in [0.25, 0.3) is 10.2 Å². The molecule has 0 bridgehead atoms. The zero-order valence-electron chi connectivity index (χ0n) is 16.7. The molecular weight excluding hydrogens is 390 g/mol. The molecule has 1 aliphatic heterocycles. The molecule has 0 aromatic carbocycles. The van der Waals surface area contributed by atoms with Crippen LogP contribution in [0.3, 0.4) is 0 Å². The number of thiazole rings is 1. The zero-order valence-corrected chi connectivity index (χ0v) is 18.4. The van der Waals surface area contributed by atoms with E-state index in [9.17, 15) is 0 Å². The summed E-state index contributed by atoms with van der Waals surface area (Å²) in [4.78, 5) is 20.4. The van der Waals surface area contributed by atoms with Crippen molar-refractivity contribution in [1.82, 2.24) is 19.9 Å². The van der Waals surface area contributed by atoms with Crippen LogP contribution in [0.5, 0.6) is 0 Å². The van der Waals surface area contributed by atoms with E-state index in [1.54, 1.807) is 22.7 Å². The van der Waals surface area contributed by atoms with E-state index < -0.39 is 0 Å². The van der Waals surface area contributed by atoms with Gasteiger partial charge in [-0.05, 0) is 25.8 Å². The standard InChI is InChI=1S/C20H27N5OS2/c1-4-15-11-22-17(28-15)5-6-21-19-18-13(2)14(3)27-20(18)24-16(23-19)12-25-7-9-26-10-8-25/h11H,4-10,12H2,1-3H3,(H,21,23,24). The summed E-state index contributed by atoms with van der Waals surface area (Å²) in [5.74, 6) is 1.85. The second-order valence-corrected chi connectivity index (χ2v) is 9.49. The van der Waals surface area contributed by atoms with Gasteiger partial charge in [0.25, 0.3) is 0 Å². The number of nitrogens with one attached hydrogen (secondary N) is 1. The van der Waals surface area contributed by atoms with Gasteiger partial charge in [0, 0.05) is 42.0 Å². The van der Waals surface area contributed by atoms with E-state index in [4.69, 9.17) is 14.7 Å². The van der Waals surface area contributed by atoms with Crippen LogP contribution in [0.1, 0.15) is 33.1 Å². The first-order chi connectivity index (χ1) is 13.6. The molecule has 150 valence electrons. The molecule has 0 unspecified atom stereocenters. The Kier molecular flexibility index (Phi) is 6.20. The average Bonchev–Trinajstić information content (AvgIpc) is 3.27. The van der Waals surface area contributed by atoms with Crippen LogP contribution in [-0.4, -0.2) is 52.7 Å². The molecule has 4 rings (SSSR count). The Balaban J connectivity index is 1.53. The van der Waals surface area contributed by atoms with Gasteiger partial charge in [-0.25, -0.2) is 15.0 Å². The second-order valence-electron chi connectivity index (χ2n) is 7.09. The molecular formula is C20H27N5OS2. The average molecular weight is 418 g/mol. The van der Waals surface area contributed by atoms with Crippen molar-refractivity contribution in [3.05, 3.63) is 32.3 Å². The lowest BCUT2D eigenvalue weighted by Gasteiger charge is -2.25. The summed E-state index contributed by atoms with van der Waals surface area (Å²) in [7, 11) is 0. The molecule has 0 aliphatic carbocycles. The van der Waals surface area contributed by atoms with Crippen LogP contribution >= 0.6 is 22.7 Å². The van der Waals surface area contributed by atoms with E-state index >= 15 is 0 Å². The molecule has 0 saturated carbocycles. The lowest BCUT2D eigenvalue weighted by molar-refractivity contribution is 0.0331. The summed E-state index contributed by atoms with van der Waals surface area (Å²) in [5.41, 5.74) is 1.28. The van der Waals surface area contributed by atoms with Crippen molar-refractivity contribution in [3.8, 4) is 0 Å². The molecule has 4 heterocycles. The lowest BCUT2D eigenvalue weighted by atomic mass is 10.2. The van der Waals surface area contributed by atoms with Crippen molar-refractivity contribution in [2.75, 3.05) is 38.2 Å². The third-order valence-corrected chi connectivity index (χ3v) is 7.43. The lowest BCUT2D eigenvalue weighted by Crippen LogP contribution is -2.36. The third-order valence-electron chi connectivity index (χ3n) is 5.12. The Morgan fingerprint density at radius 3 is 2.75 bits per heavy atom. The van der Waals surface area contributed by atoms with Gasteiger partial charge in [-0.15, -0.1) is 22.7 Å². The Morgan fingerprint density at radius 2 is 2.00 bits per heavy atom. The van der Waals surface area contributed by atoms with Crippen molar-refractivity contribution >= 4 is 38.7 Å². The summed E-state index contributed by atoms with van der Waals surface area (Å²) in [6.45, 7) is 11.6. The summed E-state index contributed by atoms with van der Waals surface area (Å²) in [6.07, 6.45) is 3.96. The van der Waals surface area contributed by atoms with Gasteiger partial charge in [-0.2, -0.15) is 0 Å². The second kappa shape index (κ2) is 8.82. The van der Waals surface area contributed by atoms with E-state index in [1.807, 2.05) is 6.20 Å². The van der Waals surface area contributed by atoms with Crippen LogP contribution in [0.2, 0.25) is 0 Å². The minimum atomic E-state index is 0.774. The minimum Gasteiger partial charge on any atom is -0.379 e. The molecule has 8 heteroatoms. The molecule has 6 nitrogen and oxygen atoms in total. The number of aromatic nitrogens is 3. The predicted octanol–water partition coefficient (Wildman–Crippen LogP) is 3.81. The number of thiophene rings is 1. The summed E-state index contributed by atoms with van der Waals surface area (Å²) < 4.78 is 5.46. The molecule has 0 atom stereocenters. The first-order valence-electron chi connectivity index (χ1n) is 9.88. The molecule has 28 heavy (non-hydrogen) atoms. The van der Waals surface area contributed by atoms with Gasteiger partial charge >= 0.3 is 0 Å². The van der Waals surface area contributed by atoms with Crippen molar-refractivity contribution in [2.45, 2.75) is 40.2 Å². The van der Waals surface area contributed by atoms with Gasteiger partial charge in [-0.3, -0.25) is 4.90 Å². The maximum absolute atomic E-state index is 5.46. The number of anilines is 1. The first-order valence-corrected chi connectivity index (χ1v) is 11.5. The maximum Gasteiger partial charge on any atom is 0.146 e. The van der Waals surface area contributed by atoms with Gasteiger partial charge in [0.1, 0.15) is 16.5 Å². The van der Waals surface area contributed by atoms with Crippen LogP contribution in [0.15, 0.2) is 6.20 Å². The molecule has 1 N–H and O–H groups in total. The number of hydrogen-bond acceptors (Lipinski definition) is 8. The monoisotopic (exact) mass is 417 g/mol. The SMILES string of the molecule is CCc1cnc(CCNc2nc(CN3CCOCC3)nc3sc(C)c(C)c23)s1. The number of rotatable bonds is 7. The maximum atomic E-state index is 5.46. The van der Waals surface area contributed by atoms with Gasteiger partial charge in [-0.1, -0.05) is 6.92 Å². The van der Waals surface area contributed by atoms with Crippen molar-refractivity contribution in [3.63, 3.8) is 0 Å². The third kappa shape index (κ3) is 4.35. The molecule has 0 spiro atoms. The predicted molar refractivity (Wildman–Crippen MR) is 117 cm³/mol. The molecule has 1 fully saturated rings. The number of nitrogens with zero attached hydrogens (tertiary/aromatic N) is 4. The fourth-order valence-electron chi connectivity index (χ4n) is 3.37. The Bertz CT molecular complexity index is 946. The summed E-state index contributed by atoms with van der Waals surface area (Å²) >= 11 is 3.57. The fourth-order valence-corrected chi connectivity index (χ4v) is 5.28. The molecule has 3 aromatic heterocycles. The zero-order chi connectivity index (χ0) is 19.5. The first kappa shape index (κ1) is 19.7.